The van der Waals surface area contributed by atoms with E-state index in [-0.39, 0.29) is 11.9 Å². The van der Waals surface area contributed by atoms with E-state index < -0.39 is 0 Å². The molecule has 0 radical (unpaired) electrons. The third kappa shape index (κ3) is 4.63. The van der Waals surface area contributed by atoms with Crippen LogP contribution in [0.3, 0.4) is 0 Å². The van der Waals surface area contributed by atoms with Crippen LogP contribution in [0.4, 0.5) is 5.69 Å². The number of aryl methyl sites for hydroxylation is 1. The Morgan fingerprint density at radius 3 is 2.62 bits per heavy atom. The number of ether oxygens (including phenoxy) is 1. The Morgan fingerprint density at radius 2 is 1.90 bits per heavy atom. The summed E-state index contributed by atoms with van der Waals surface area (Å²) in [6.07, 6.45) is 1.75. The molecule has 1 unspecified atom stereocenters. The number of hydrogen-bond acceptors (Lipinski definition) is 3. The highest BCUT2D eigenvalue weighted by molar-refractivity contribution is 5.78. The van der Waals surface area contributed by atoms with E-state index in [1.807, 2.05) is 43.3 Å². The van der Waals surface area contributed by atoms with Gasteiger partial charge < -0.3 is 10.5 Å². The summed E-state index contributed by atoms with van der Waals surface area (Å²) in [6.45, 7) is 2.29. The first-order valence-corrected chi connectivity index (χ1v) is 7.23. The fourth-order valence-electron chi connectivity index (χ4n) is 2.18. The lowest BCUT2D eigenvalue weighted by Crippen LogP contribution is -2.14. The molecule has 2 rings (SSSR count). The van der Waals surface area contributed by atoms with Crippen LogP contribution in [-0.4, -0.2) is 12.6 Å². The van der Waals surface area contributed by atoms with Crippen molar-refractivity contribution < 1.29 is 9.53 Å². The number of rotatable bonds is 6. The Bertz CT molecular complexity index is 581. The molecule has 2 aromatic rings. The highest BCUT2D eigenvalue weighted by Gasteiger charge is 2.16. The van der Waals surface area contributed by atoms with E-state index in [2.05, 4.69) is 12.1 Å². The van der Waals surface area contributed by atoms with E-state index >= 15 is 0 Å². The molecule has 110 valence electrons. The maximum Gasteiger partial charge on any atom is 0.313 e. The zero-order chi connectivity index (χ0) is 15.1. The van der Waals surface area contributed by atoms with Gasteiger partial charge in [0.1, 0.15) is 0 Å². The fraction of sp³-hybridized carbons (Fsp3) is 0.278. The number of nitrogen functional groups attached to an aromatic ring is 1. The van der Waals surface area contributed by atoms with E-state index in [9.17, 15) is 4.79 Å². The molecule has 0 amide bonds. The van der Waals surface area contributed by atoms with Crippen molar-refractivity contribution in [2.45, 2.75) is 25.7 Å². The molecule has 0 saturated carbocycles. The minimum Gasteiger partial charge on any atom is -0.465 e. The van der Waals surface area contributed by atoms with Crippen LogP contribution in [0.15, 0.2) is 54.6 Å². The topological polar surface area (TPSA) is 52.3 Å². The van der Waals surface area contributed by atoms with Crippen molar-refractivity contribution in [2.75, 3.05) is 12.3 Å². The summed E-state index contributed by atoms with van der Waals surface area (Å²) in [7, 11) is 0. The number of carbonyl (C=O) groups excluding carboxylic acids is 1. The largest absolute Gasteiger partial charge is 0.465 e. The highest BCUT2D eigenvalue weighted by Crippen LogP contribution is 2.19. The monoisotopic (exact) mass is 283 g/mol. The van der Waals surface area contributed by atoms with E-state index in [1.165, 1.54) is 5.56 Å². The summed E-state index contributed by atoms with van der Waals surface area (Å²) in [5, 5.41) is 0. The van der Waals surface area contributed by atoms with Gasteiger partial charge in [0, 0.05) is 5.69 Å². The summed E-state index contributed by atoms with van der Waals surface area (Å²) < 4.78 is 5.34. The molecule has 0 saturated heterocycles. The minimum absolute atomic E-state index is 0.200. The van der Waals surface area contributed by atoms with Gasteiger partial charge in [0.25, 0.3) is 0 Å². The number of carbonyl (C=O) groups is 1. The van der Waals surface area contributed by atoms with E-state index in [4.69, 9.17) is 10.5 Å². The quantitative estimate of drug-likeness (QED) is 0.501. The lowest BCUT2D eigenvalue weighted by molar-refractivity contribution is -0.145. The van der Waals surface area contributed by atoms with Gasteiger partial charge in [-0.05, 0) is 43.0 Å². The van der Waals surface area contributed by atoms with Crippen LogP contribution in [0.1, 0.15) is 30.4 Å². The first-order valence-electron chi connectivity index (χ1n) is 7.23. The summed E-state index contributed by atoms with van der Waals surface area (Å²) in [5.74, 6) is -0.487. The van der Waals surface area contributed by atoms with Crippen LogP contribution in [0.2, 0.25) is 0 Å². The van der Waals surface area contributed by atoms with Crippen LogP contribution < -0.4 is 5.73 Å². The third-order valence-corrected chi connectivity index (χ3v) is 3.46. The van der Waals surface area contributed by atoms with Crippen molar-refractivity contribution in [3.8, 4) is 0 Å². The van der Waals surface area contributed by atoms with Crippen LogP contribution >= 0.6 is 0 Å². The zero-order valence-corrected chi connectivity index (χ0v) is 12.3. The molecule has 0 bridgehead atoms. The first-order chi connectivity index (χ1) is 10.2. The molecule has 0 heterocycles. The third-order valence-electron chi connectivity index (χ3n) is 3.46. The lowest BCUT2D eigenvalue weighted by Gasteiger charge is -2.12. The Balaban J connectivity index is 1.77. The summed E-state index contributed by atoms with van der Waals surface area (Å²) in [4.78, 5) is 12.0. The summed E-state index contributed by atoms with van der Waals surface area (Å²) in [5.41, 5.74) is 8.55. The molecule has 1 atom stereocenters. The Morgan fingerprint density at radius 1 is 1.14 bits per heavy atom. The second-order valence-corrected chi connectivity index (χ2v) is 5.15. The first kappa shape index (κ1) is 15.1. The maximum absolute atomic E-state index is 12.0. The Hall–Kier alpha value is -2.29. The average Bonchev–Trinajstić information content (AvgIpc) is 2.51. The number of benzene rings is 2. The molecule has 0 aliphatic heterocycles. The van der Waals surface area contributed by atoms with Gasteiger partial charge in [-0.3, -0.25) is 4.79 Å². The van der Waals surface area contributed by atoms with Crippen molar-refractivity contribution in [3.63, 3.8) is 0 Å². The lowest BCUT2D eigenvalue weighted by atomic mass is 10.0. The van der Waals surface area contributed by atoms with Crippen LogP contribution in [0, 0.1) is 0 Å². The van der Waals surface area contributed by atoms with Crippen molar-refractivity contribution in [3.05, 3.63) is 65.7 Å². The molecule has 2 aromatic carbocycles. The second-order valence-electron chi connectivity index (χ2n) is 5.15. The van der Waals surface area contributed by atoms with Crippen molar-refractivity contribution >= 4 is 11.7 Å². The number of hydrogen-bond donors (Lipinski definition) is 1. The summed E-state index contributed by atoms with van der Waals surface area (Å²) >= 11 is 0. The van der Waals surface area contributed by atoms with Gasteiger partial charge in [-0.25, -0.2) is 0 Å². The molecular formula is C18H21NO2. The normalized spacial score (nSPS) is 11.9. The number of nitrogens with two attached hydrogens (primary N) is 1. The van der Waals surface area contributed by atoms with Gasteiger partial charge in [-0.15, -0.1) is 0 Å². The second kappa shape index (κ2) is 7.48. The number of anilines is 1. The van der Waals surface area contributed by atoms with Crippen molar-refractivity contribution in [1.29, 1.82) is 0 Å². The van der Waals surface area contributed by atoms with Gasteiger partial charge in [0.05, 0.1) is 12.5 Å². The van der Waals surface area contributed by atoms with Crippen LogP contribution in [0.25, 0.3) is 0 Å². The number of esters is 1. The molecule has 0 aliphatic carbocycles. The van der Waals surface area contributed by atoms with E-state index in [0.29, 0.717) is 12.3 Å². The average molecular weight is 283 g/mol. The molecule has 0 aromatic heterocycles. The molecular weight excluding hydrogens is 262 g/mol. The van der Waals surface area contributed by atoms with E-state index in [1.54, 1.807) is 6.07 Å². The van der Waals surface area contributed by atoms with Gasteiger partial charge in [-0.2, -0.15) is 0 Å². The highest BCUT2D eigenvalue weighted by atomic mass is 16.5. The van der Waals surface area contributed by atoms with Crippen molar-refractivity contribution in [1.82, 2.24) is 0 Å². The fourth-order valence-corrected chi connectivity index (χ4v) is 2.18. The standard InChI is InChI=1S/C18H21NO2/c1-14(16-10-5-11-17(19)13-16)18(20)21-12-6-9-15-7-3-2-4-8-15/h2-5,7-8,10-11,13-14H,6,9,12,19H2,1H3. The Labute approximate surface area is 125 Å². The minimum atomic E-state index is -0.287. The van der Waals surface area contributed by atoms with Gasteiger partial charge in [0.15, 0.2) is 0 Å². The van der Waals surface area contributed by atoms with Crippen LogP contribution in [-0.2, 0) is 16.0 Å². The van der Waals surface area contributed by atoms with Gasteiger partial charge in [-0.1, -0.05) is 42.5 Å². The predicted octanol–water partition coefficient (Wildman–Crippen LogP) is 3.55. The summed E-state index contributed by atoms with van der Waals surface area (Å²) in [6, 6.07) is 17.6. The van der Waals surface area contributed by atoms with Gasteiger partial charge in [0.2, 0.25) is 0 Å². The predicted molar refractivity (Wildman–Crippen MR) is 85.0 cm³/mol. The van der Waals surface area contributed by atoms with Crippen molar-refractivity contribution in [2.24, 2.45) is 0 Å². The molecule has 3 nitrogen and oxygen atoms in total. The molecule has 0 fully saturated rings. The molecule has 21 heavy (non-hydrogen) atoms. The molecule has 2 N–H and O–H groups in total. The van der Waals surface area contributed by atoms with E-state index in [0.717, 1.165) is 18.4 Å². The maximum atomic E-state index is 12.0. The molecule has 3 heteroatoms. The van der Waals surface area contributed by atoms with Gasteiger partial charge >= 0.3 is 5.97 Å². The molecule has 0 spiro atoms. The SMILES string of the molecule is CC(C(=O)OCCCc1ccccc1)c1cccc(N)c1. The smallest absolute Gasteiger partial charge is 0.313 e. The van der Waals surface area contributed by atoms with Crippen LogP contribution in [0.5, 0.6) is 0 Å². The molecule has 0 aliphatic rings. The Kier molecular flexibility index (Phi) is 5.38. The zero-order valence-electron chi connectivity index (χ0n) is 12.3.